The second-order valence-electron chi connectivity index (χ2n) is 9.84. The van der Waals surface area contributed by atoms with Gasteiger partial charge in [0.15, 0.2) is 0 Å². The molecule has 0 bridgehead atoms. The van der Waals surface area contributed by atoms with Crippen LogP contribution in [0.5, 0.6) is 0 Å². The minimum Gasteiger partial charge on any atom is -0.668 e. The molecule has 0 fully saturated rings. The zero-order valence-electron chi connectivity index (χ0n) is 30.6. The van der Waals surface area contributed by atoms with Crippen molar-refractivity contribution < 1.29 is 127 Å². The fourth-order valence-electron chi connectivity index (χ4n) is 3.27. The van der Waals surface area contributed by atoms with Gasteiger partial charge in [0.25, 0.3) is 0 Å². The standard InChI is InChI=1S/C23H46NO.4C2H5NO.C2H5.2K/c1-3-5-7-9-10-11-12-13-14-15-16-17-19-21-23(25)24-22-20-18-8-6-4-2;4*1-2(3)4;1-2;;/h2-22H2,1H3,(H,24,25);4*1H3,(H2,3,4);1H2,2H3;;/q-1;;;;;-1;2*+1/p-4. The van der Waals surface area contributed by atoms with Crippen molar-refractivity contribution in [3.05, 3.63) is 36.8 Å². The minimum absolute atomic E-state index is 0. The Bertz CT molecular complexity index is 550. The number of carbonyl (C=O) groups excluding carboxylic acids is 5. The average molecular weight is 692 g/mol. The Morgan fingerprint density at radius 3 is 1.02 bits per heavy atom. The largest absolute Gasteiger partial charge is 1.00 e. The van der Waals surface area contributed by atoms with E-state index in [1.165, 1.54) is 124 Å². The summed E-state index contributed by atoms with van der Waals surface area (Å²) in [4.78, 5) is 48.2. The molecule has 0 radical (unpaired) electrons. The third kappa shape index (κ3) is 145. The van der Waals surface area contributed by atoms with Gasteiger partial charge in [0.1, 0.15) is 0 Å². The molecule has 0 saturated carbocycles. The van der Waals surface area contributed by atoms with Gasteiger partial charge in [0.2, 0.25) is 5.91 Å². The number of carbonyl (C=O) groups is 5. The van der Waals surface area contributed by atoms with E-state index >= 15 is 0 Å². The first-order valence-electron chi connectivity index (χ1n) is 15.9. The molecule has 5 amide bonds. The molecule has 260 valence electrons. The quantitative estimate of drug-likeness (QED) is 0.111. The normalized spacial score (nSPS) is 8.44. The fraction of sp³-hybridized carbons (Fsp3) is 0.788. The second kappa shape index (κ2) is 63.3. The molecule has 0 aliphatic rings. The molecular formula is C33H67K2N5O5-4. The van der Waals surface area contributed by atoms with Gasteiger partial charge in [-0.15, -0.1) is 0 Å². The van der Waals surface area contributed by atoms with Crippen LogP contribution in [-0.2, 0) is 24.0 Å². The summed E-state index contributed by atoms with van der Waals surface area (Å²) in [5.74, 6) is -2.08. The molecule has 0 aromatic rings. The maximum absolute atomic E-state index is 11.7. The van der Waals surface area contributed by atoms with Crippen LogP contribution in [-0.4, -0.2) is 36.1 Å². The van der Waals surface area contributed by atoms with E-state index in [1.54, 1.807) is 6.92 Å². The predicted molar refractivity (Wildman–Crippen MR) is 183 cm³/mol. The van der Waals surface area contributed by atoms with Crippen molar-refractivity contribution in [1.29, 1.82) is 0 Å². The van der Waals surface area contributed by atoms with Crippen LogP contribution in [0.4, 0.5) is 0 Å². The molecule has 0 aromatic heterocycles. The van der Waals surface area contributed by atoms with E-state index < -0.39 is 23.6 Å². The van der Waals surface area contributed by atoms with Crippen molar-refractivity contribution in [2.45, 2.75) is 164 Å². The second-order valence-corrected chi connectivity index (χ2v) is 9.84. The summed E-state index contributed by atoms with van der Waals surface area (Å²) in [6.07, 6.45) is 24.2. The number of hydrogen-bond donors (Lipinski definition) is 1. The van der Waals surface area contributed by atoms with E-state index in [0.717, 1.165) is 32.2 Å². The van der Waals surface area contributed by atoms with Crippen LogP contribution in [0, 0.1) is 13.8 Å². The van der Waals surface area contributed by atoms with E-state index in [1.807, 2.05) is 0 Å². The van der Waals surface area contributed by atoms with E-state index in [4.69, 9.17) is 42.1 Å². The van der Waals surface area contributed by atoms with E-state index in [2.05, 4.69) is 26.1 Å². The molecular weight excluding hydrogens is 625 g/mol. The third-order valence-electron chi connectivity index (χ3n) is 5.01. The van der Waals surface area contributed by atoms with Gasteiger partial charge in [-0.2, -0.15) is 13.3 Å². The average Bonchev–Trinajstić information content (AvgIpc) is 2.89. The summed E-state index contributed by atoms with van der Waals surface area (Å²) in [6, 6.07) is 0. The van der Waals surface area contributed by atoms with Gasteiger partial charge in [-0.3, -0.25) is 4.79 Å². The van der Waals surface area contributed by atoms with E-state index in [-0.39, 0.29) is 109 Å². The molecule has 45 heavy (non-hydrogen) atoms. The Morgan fingerprint density at radius 1 is 0.489 bits per heavy atom. The molecule has 0 aliphatic carbocycles. The summed E-state index contributed by atoms with van der Waals surface area (Å²) >= 11 is 0. The molecule has 0 saturated heterocycles. The van der Waals surface area contributed by atoms with E-state index in [9.17, 15) is 4.79 Å². The fourth-order valence-corrected chi connectivity index (χ4v) is 3.27. The van der Waals surface area contributed by atoms with Gasteiger partial charge in [-0.05, 0) is 40.5 Å². The van der Waals surface area contributed by atoms with Gasteiger partial charge in [-0.25, -0.2) is 0 Å². The topological polar surface area (TPSA) is 193 Å². The molecule has 0 atom stereocenters. The summed E-state index contributed by atoms with van der Waals surface area (Å²) < 4.78 is 0. The minimum atomic E-state index is -0.583. The molecule has 0 spiro atoms. The Hall–Kier alpha value is 0.623. The van der Waals surface area contributed by atoms with Gasteiger partial charge < -0.3 is 61.3 Å². The molecule has 0 aliphatic heterocycles. The number of unbranched alkanes of at least 4 members (excludes halogenated alkanes) is 16. The van der Waals surface area contributed by atoms with Crippen molar-refractivity contribution in [3.8, 4) is 0 Å². The molecule has 12 heteroatoms. The first-order chi connectivity index (χ1) is 20.2. The zero-order valence-corrected chi connectivity index (χ0v) is 36.8. The number of amides is 5. The van der Waals surface area contributed by atoms with Crippen molar-refractivity contribution in [2.75, 3.05) is 6.54 Å². The summed E-state index contributed by atoms with van der Waals surface area (Å²) in [7, 11) is 0. The summed E-state index contributed by atoms with van der Waals surface area (Å²) in [5.41, 5.74) is 23.8. The van der Waals surface area contributed by atoms with Crippen molar-refractivity contribution in [1.82, 2.24) is 5.32 Å². The monoisotopic (exact) mass is 691 g/mol. The third-order valence-corrected chi connectivity index (χ3v) is 5.01. The van der Waals surface area contributed by atoms with Gasteiger partial charge >= 0.3 is 103 Å². The first kappa shape index (κ1) is 64.2. The van der Waals surface area contributed by atoms with Gasteiger partial charge in [0, 0.05) is 36.6 Å². The van der Waals surface area contributed by atoms with Crippen molar-refractivity contribution in [2.24, 2.45) is 0 Å². The van der Waals surface area contributed by atoms with Gasteiger partial charge in [0.05, 0.1) is 0 Å². The molecule has 10 nitrogen and oxygen atoms in total. The molecule has 0 aromatic carbocycles. The Kier molecular flexibility index (Phi) is 90.3. The van der Waals surface area contributed by atoms with Crippen LogP contribution >= 0.6 is 0 Å². The SMILES string of the molecule is CC([NH-])=O.CC([NH-])=O.CC([NH-])=O.CC([NH-])=O.[CH2-]C.[CH2-]CCCCCCNC(=O)CCCCCCCCCCCCCCC.[K+].[K+]. The molecule has 0 unspecified atom stereocenters. The summed E-state index contributed by atoms with van der Waals surface area (Å²) in [5, 5.41) is 3.05. The van der Waals surface area contributed by atoms with Crippen LogP contribution in [0.25, 0.3) is 22.9 Å². The van der Waals surface area contributed by atoms with Crippen molar-refractivity contribution in [3.63, 3.8) is 0 Å². The van der Waals surface area contributed by atoms with Crippen molar-refractivity contribution >= 4 is 29.5 Å². The van der Waals surface area contributed by atoms with Crippen LogP contribution < -0.4 is 108 Å². The number of nitrogens with one attached hydrogen (secondary N) is 5. The summed E-state index contributed by atoms with van der Waals surface area (Å²) in [6.45, 7) is 16.8. The Morgan fingerprint density at radius 2 is 0.733 bits per heavy atom. The van der Waals surface area contributed by atoms with Crippen LogP contribution in [0.2, 0.25) is 0 Å². The van der Waals surface area contributed by atoms with Gasteiger partial charge in [-0.1, -0.05) is 103 Å². The van der Waals surface area contributed by atoms with Crippen LogP contribution in [0.1, 0.15) is 164 Å². The van der Waals surface area contributed by atoms with E-state index in [0.29, 0.717) is 0 Å². The molecule has 0 heterocycles. The molecule has 0 rings (SSSR count). The molecule has 5 N–H and O–H groups in total. The van der Waals surface area contributed by atoms with Crippen LogP contribution in [0.3, 0.4) is 0 Å². The smallest absolute Gasteiger partial charge is 0.668 e. The maximum atomic E-state index is 11.7. The van der Waals surface area contributed by atoms with Crippen LogP contribution in [0.15, 0.2) is 0 Å². The Balaban J connectivity index is -0.0000000935. The Labute approximate surface area is 363 Å². The zero-order chi connectivity index (χ0) is 34.7. The predicted octanol–water partition coefficient (Wildman–Crippen LogP) is 4.56. The number of rotatable bonds is 20. The first-order valence-corrected chi connectivity index (χ1v) is 15.9. The maximum Gasteiger partial charge on any atom is 1.00 e. The number of hydrogen-bond acceptors (Lipinski definition) is 5.